The van der Waals surface area contributed by atoms with Gasteiger partial charge in [-0.25, -0.2) is 9.98 Å². The first-order valence-electron chi connectivity index (χ1n) is 30.9. The van der Waals surface area contributed by atoms with Crippen LogP contribution in [0.1, 0.15) is 53.1 Å². The predicted octanol–water partition coefficient (Wildman–Crippen LogP) is 21.7. The van der Waals surface area contributed by atoms with E-state index in [0.717, 1.165) is 127 Å². The number of furan rings is 2. The van der Waals surface area contributed by atoms with E-state index in [2.05, 4.69) is 259 Å². The molecule has 0 N–H and O–H groups in total. The fourth-order valence-electron chi connectivity index (χ4n) is 14.4. The second-order valence-corrected chi connectivity index (χ2v) is 24.0. The number of rotatable bonds is 10. The Bertz CT molecular complexity index is 5600. The fraction of sp³-hybridized carbons (Fsp3) is 0.0732. The van der Waals surface area contributed by atoms with Crippen LogP contribution in [-0.2, 0) is 6.54 Å². The first kappa shape index (κ1) is 53.4. The van der Waals surface area contributed by atoms with Crippen LogP contribution in [0, 0.1) is 18.3 Å². The highest BCUT2D eigenvalue weighted by molar-refractivity contribution is 6.38. The van der Waals surface area contributed by atoms with E-state index < -0.39 is 0 Å². The van der Waals surface area contributed by atoms with Gasteiger partial charge in [0.2, 0.25) is 0 Å². The van der Waals surface area contributed by atoms with Gasteiger partial charge in [0.1, 0.15) is 29.8 Å². The van der Waals surface area contributed by atoms with Crippen LogP contribution in [0.4, 0.5) is 39.8 Å². The zero-order valence-electron chi connectivity index (χ0n) is 50.3. The number of para-hydroxylation sites is 4. The molecule has 2 aliphatic heterocycles. The molecule has 432 valence electrons. The molecule has 0 unspecified atom stereocenters. The Morgan fingerprint density at radius 1 is 0.560 bits per heavy atom. The van der Waals surface area contributed by atoms with Crippen molar-refractivity contribution < 1.29 is 8.83 Å². The molecular weight excluding hydrogens is 1110 g/mol. The summed E-state index contributed by atoms with van der Waals surface area (Å²) in [6, 6.07) is 90.5. The summed E-state index contributed by atoms with van der Waals surface area (Å²) in [6.07, 6.45) is 3.45. The lowest BCUT2D eigenvalue weighted by Crippen LogP contribution is -2.24. The number of fused-ring (bicyclic) bond motifs is 15. The minimum atomic E-state index is -0.0986. The molecule has 4 heterocycles. The van der Waals surface area contributed by atoms with Crippen molar-refractivity contribution in [1.29, 1.82) is 5.26 Å². The Kier molecular flexibility index (Phi) is 12.6. The molecule has 0 bridgehead atoms. The van der Waals surface area contributed by atoms with Crippen LogP contribution in [0.3, 0.4) is 0 Å². The van der Waals surface area contributed by atoms with Gasteiger partial charge in [-0.3, -0.25) is 4.99 Å². The minimum Gasteiger partial charge on any atom is -0.455 e. The number of hydrogen-bond donors (Lipinski definition) is 0. The number of nitrogens with zero attached hydrogens (tertiary/aromatic N) is 7. The van der Waals surface area contributed by atoms with Gasteiger partial charge in [-0.2, -0.15) is 5.26 Å². The Labute approximate surface area is 525 Å². The van der Waals surface area contributed by atoms with E-state index in [1.54, 1.807) is 6.34 Å². The number of benzene rings is 13. The lowest BCUT2D eigenvalue weighted by Gasteiger charge is -2.33. The highest BCUT2D eigenvalue weighted by Gasteiger charge is 2.33. The first-order chi connectivity index (χ1) is 44.9. The van der Waals surface area contributed by atoms with Crippen LogP contribution in [0.2, 0.25) is 0 Å². The Morgan fingerprint density at radius 2 is 1.27 bits per heavy atom. The van der Waals surface area contributed by atoms with E-state index >= 15 is 0 Å². The van der Waals surface area contributed by atoms with Crippen LogP contribution in [-0.4, -0.2) is 25.1 Å². The number of anilines is 6. The third-order valence-corrected chi connectivity index (χ3v) is 18.3. The molecule has 0 atom stereocenters. The Balaban J connectivity index is 1.04. The number of nitriles is 1. The SMILES string of the molecule is Cc1ccc2c(c1)CN(c1ccc3c(c1)oc1c3c(C#N)cc3c(N(c4ccccc4)c4ccc(-c5ccccc5)c5ccccc45)c(C(C)C)c4cc(N5C=NC=NC5)c5oc6c(/C(=N/c7ccccc7)c7ccccc7)cccc6c5c4c31)c1ccccc1-2. The second kappa shape index (κ2) is 21.5. The molecule has 2 aromatic heterocycles. The lowest BCUT2D eigenvalue weighted by molar-refractivity contribution is 0.667. The van der Waals surface area contributed by atoms with Crippen molar-refractivity contribution in [3.63, 3.8) is 0 Å². The maximum Gasteiger partial charge on any atom is 0.159 e. The van der Waals surface area contributed by atoms with Gasteiger partial charge in [-0.15, -0.1) is 0 Å². The summed E-state index contributed by atoms with van der Waals surface area (Å²) in [6.45, 7) is 7.72. The van der Waals surface area contributed by atoms with Crippen LogP contribution >= 0.6 is 0 Å². The standard InChI is InChI=1S/C82H57N7O2/c1-50(2)73-67-44-71(87-48-84-47-85-49-87)81-76(65-32-20-33-66(80(65)91-81)78(53-23-10-5-11-24-53)86-56-25-12-6-13-26-56)75(67)77-68(79(73)89(57-27-14-7-15-28-57)70-40-39-59(52-21-8-4-9-22-52)61-29-16-17-31-63(61)70)42-54(45-83)74-64-38-36-58(43-72(64)90-82(74)77)88-46-55-41-51(3)35-37-60(55)62-30-18-19-34-69(62)88/h4-44,47-48,50H,46,49H2,1-3H3/b86-78+. The van der Waals surface area contributed by atoms with E-state index in [1.807, 2.05) is 42.7 Å². The van der Waals surface area contributed by atoms with Crippen molar-refractivity contribution in [3.8, 4) is 28.3 Å². The maximum absolute atomic E-state index is 11.9. The van der Waals surface area contributed by atoms with Crippen LogP contribution < -0.4 is 14.7 Å². The normalized spacial score (nSPS) is 13.2. The third kappa shape index (κ3) is 8.63. The van der Waals surface area contributed by atoms with Crippen molar-refractivity contribution >= 4 is 134 Å². The van der Waals surface area contributed by atoms with E-state index in [-0.39, 0.29) is 5.92 Å². The molecule has 2 aliphatic rings. The molecular formula is C82H57N7O2. The summed E-state index contributed by atoms with van der Waals surface area (Å²) in [5.41, 5.74) is 20.5. The molecule has 15 aromatic rings. The molecule has 0 amide bonds. The number of hydrogen-bond acceptors (Lipinski definition) is 9. The van der Waals surface area contributed by atoms with Crippen LogP contribution in [0.15, 0.2) is 273 Å². The van der Waals surface area contributed by atoms with Gasteiger partial charge in [-0.05, 0) is 118 Å². The van der Waals surface area contributed by atoms with Crippen LogP contribution in [0.5, 0.6) is 0 Å². The summed E-state index contributed by atoms with van der Waals surface area (Å²) in [7, 11) is 0. The van der Waals surface area contributed by atoms with E-state index in [9.17, 15) is 5.26 Å². The van der Waals surface area contributed by atoms with Gasteiger partial charge in [-0.1, -0.05) is 195 Å². The highest BCUT2D eigenvalue weighted by atomic mass is 16.3. The van der Waals surface area contributed by atoms with Crippen molar-refractivity contribution in [1.82, 2.24) is 0 Å². The molecule has 0 saturated carbocycles. The van der Waals surface area contributed by atoms with E-state index in [0.29, 0.717) is 41.1 Å². The first-order valence-corrected chi connectivity index (χ1v) is 30.9. The summed E-state index contributed by atoms with van der Waals surface area (Å²) >= 11 is 0. The molecule has 0 fully saturated rings. The lowest BCUT2D eigenvalue weighted by atomic mass is 9.84. The largest absolute Gasteiger partial charge is 0.455 e. The second-order valence-electron chi connectivity index (χ2n) is 24.0. The van der Waals surface area contributed by atoms with Crippen molar-refractivity contribution in [2.24, 2.45) is 15.0 Å². The van der Waals surface area contributed by atoms with E-state index in [1.165, 1.54) is 22.3 Å². The topological polar surface area (TPSA) is 96.9 Å². The molecule has 0 saturated heterocycles. The zero-order valence-corrected chi connectivity index (χ0v) is 50.3. The van der Waals surface area contributed by atoms with Crippen molar-refractivity contribution in [3.05, 3.63) is 282 Å². The summed E-state index contributed by atoms with van der Waals surface area (Å²) in [5.74, 6) is -0.0986. The molecule has 9 nitrogen and oxygen atoms in total. The van der Waals surface area contributed by atoms with E-state index in [4.69, 9.17) is 18.8 Å². The average Bonchev–Trinajstić information content (AvgIpc) is 1.65. The molecule has 17 rings (SSSR count). The van der Waals surface area contributed by atoms with Gasteiger partial charge in [0.15, 0.2) is 5.58 Å². The summed E-state index contributed by atoms with van der Waals surface area (Å²) in [5, 5.41) is 21.1. The van der Waals surface area contributed by atoms with Gasteiger partial charge in [0.05, 0.1) is 46.4 Å². The predicted molar refractivity (Wildman–Crippen MR) is 377 cm³/mol. The average molecular weight is 1170 g/mol. The quantitative estimate of drug-likeness (QED) is 0.1000. The fourth-order valence-corrected chi connectivity index (χ4v) is 14.4. The maximum atomic E-state index is 11.9. The minimum absolute atomic E-state index is 0.0986. The van der Waals surface area contributed by atoms with Gasteiger partial charge in [0, 0.05) is 89.5 Å². The van der Waals surface area contributed by atoms with Gasteiger partial charge < -0.3 is 23.5 Å². The monoisotopic (exact) mass is 1170 g/mol. The summed E-state index contributed by atoms with van der Waals surface area (Å²) in [4.78, 5) is 21.7. The van der Waals surface area contributed by atoms with Gasteiger partial charge in [0.25, 0.3) is 0 Å². The van der Waals surface area contributed by atoms with Crippen LogP contribution in [0.25, 0.3) is 98.4 Å². The molecule has 0 radical (unpaired) electrons. The third-order valence-electron chi connectivity index (χ3n) is 18.3. The number of aliphatic imine (C=N–C) groups is 3. The molecule has 0 aliphatic carbocycles. The molecule has 9 heteroatoms. The van der Waals surface area contributed by atoms with Crippen molar-refractivity contribution in [2.45, 2.75) is 33.2 Å². The highest BCUT2D eigenvalue weighted by Crippen LogP contribution is 2.56. The molecule has 91 heavy (non-hydrogen) atoms. The molecule has 0 spiro atoms. The smallest absolute Gasteiger partial charge is 0.159 e. The molecule has 13 aromatic carbocycles. The van der Waals surface area contributed by atoms with Crippen molar-refractivity contribution in [2.75, 3.05) is 21.4 Å². The Morgan fingerprint density at radius 3 is 2.05 bits per heavy atom. The number of aryl methyl sites for hydroxylation is 1. The Hall–Kier alpha value is -11.9. The van der Waals surface area contributed by atoms with Gasteiger partial charge >= 0.3 is 0 Å². The zero-order chi connectivity index (χ0) is 60.8. The summed E-state index contributed by atoms with van der Waals surface area (Å²) < 4.78 is 15.3.